The molecule has 0 aromatic rings. The van der Waals surface area contributed by atoms with E-state index in [1.807, 2.05) is 0 Å². The zero-order valence-electron chi connectivity index (χ0n) is 3.68. The highest BCUT2D eigenvalue weighted by Crippen LogP contribution is 2.27. The Kier molecular flexibility index (Phi) is 0.906. The second-order valence-electron chi connectivity index (χ2n) is 1.78. The van der Waals surface area contributed by atoms with Crippen LogP contribution in [0.5, 0.6) is 0 Å². The Hall–Kier alpha value is -0.330. The van der Waals surface area contributed by atoms with Gasteiger partial charge in [0.1, 0.15) is 0 Å². The summed E-state index contributed by atoms with van der Waals surface area (Å²) in [5.41, 5.74) is 0. The minimum absolute atomic E-state index is 0.764. The average molecular weight is 84.1 g/mol. The number of hydrogen-bond acceptors (Lipinski definition) is 0. The van der Waals surface area contributed by atoms with Crippen LogP contribution in [0, 0.1) is 5.92 Å². The van der Waals surface area contributed by atoms with Crippen molar-refractivity contribution >= 4 is 6.79 Å². The van der Waals surface area contributed by atoms with E-state index in [-0.39, 0.29) is 0 Å². The van der Waals surface area contributed by atoms with Crippen LogP contribution in [0.15, 0.2) is 0 Å². The molecule has 0 aromatic carbocycles. The standard InChI is InChI=1S/C5H8O/c1-6-4-5-2-3-5/h1,5H,2-4H2. The average Bonchev–Trinajstić information content (AvgIpc) is 2.21. The third kappa shape index (κ3) is 0.814. The molecule has 0 unspecified atom stereocenters. The first-order chi connectivity index (χ1) is 2.93. The summed E-state index contributed by atoms with van der Waals surface area (Å²) < 4.78 is 4.37. The van der Waals surface area contributed by atoms with E-state index >= 15 is 0 Å². The van der Waals surface area contributed by atoms with E-state index in [0.29, 0.717) is 0 Å². The third-order valence-corrected chi connectivity index (χ3v) is 1.03. The lowest BCUT2D eigenvalue weighted by atomic mass is 10.5. The second-order valence-corrected chi connectivity index (χ2v) is 1.78. The zero-order chi connectivity index (χ0) is 4.41. The summed E-state index contributed by atoms with van der Waals surface area (Å²) in [7, 11) is 0. The highest BCUT2D eigenvalue weighted by atomic mass is 16.4. The molecule has 0 saturated heterocycles. The monoisotopic (exact) mass is 84.1 g/mol. The fourth-order valence-corrected chi connectivity index (χ4v) is 0.421. The fraction of sp³-hybridized carbons (Fsp3) is 0.800. The van der Waals surface area contributed by atoms with Crippen molar-refractivity contribution in [2.24, 2.45) is 5.92 Å². The molecule has 0 aliphatic heterocycles. The van der Waals surface area contributed by atoms with Crippen molar-refractivity contribution in [2.75, 3.05) is 6.61 Å². The highest BCUT2D eigenvalue weighted by molar-refractivity contribution is 5.14. The van der Waals surface area contributed by atoms with Crippen LogP contribution < -0.4 is 0 Å². The van der Waals surface area contributed by atoms with E-state index in [1.165, 1.54) is 12.8 Å². The minimum Gasteiger partial charge on any atom is -0.460 e. The maximum absolute atomic E-state index is 4.77. The zero-order valence-corrected chi connectivity index (χ0v) is 3.68. The van der Waals surface area contributed by atoms with Crippen LogP contribution in [0.4, 0.5) is 0 Å². The molecule has 1 rings (SSSR count). The molecule has 0 N–H and O–H groups in total. The molecule has 1 saturated carbocycles. The smallest absolute Gasteiger partial charge is 0.220 e. The molecule has 1 fully saturated rings. The molecular formula is C5H8O. The van der Waals surface area contributed by atoms with Gasteiger partial charge in [0, 0.05) is 5.92 Å². The van der Waals surface area contributed by atoms with Gasteiger partial charge in [0.05, 0.1) is 0 Å². The van der Waals surface area contributed by atoms with Gasteiger partial charge in [-0.1, -0.05) is 0 Å². The van der Waals surface area contributed by atoms with Crippen molar-refractivity contribution in [3.8, 4) is 0 Å². The third-order valence-electron chi connectivity index (χ3n) is 1.03. The lowest BCUT2D eigenvalue weighted by Gasteiger charge is -1.74. The SMILES string of the molecule is [CH-]=[O+]CC1CC1. The van der Waals surface area contributed by atoms with Crippen molar-refractivity contribution < 1.29 is 4.42 Å². The predicted octanol–water partition coefficient (Wildman–Crippen LogP) is 0.672. The van der Waals surface area contributed by atoms with Crippen molar-refractivity contribution in [3.05, 3.63) is 0 Å². The van der Waals surface area contributed by atoms with E-state index in [9.17, 15) is 0 Å². The van der Waals surface area contributed by atoms with Gasteiger partial charge >= 0.3 is 0 Å². The van der Waals surface area contributed by atoms with Crippen LogP contribution in [-0.4, -0.2) is 13.4 Å². The van der Waals surface area contributed by atoms with Crippen LogP contribution in [0.3, 0.4) is 0 Å². The minimum atomic E-state index is 0.764. The number of carbonyl (C=O) groups excluding carboxylic acids is 1. The first-order valence-corrected chi connectivity index (χ1v) is 2.25. The topological polar surface area (TPSA) is 11.3 Å². The Morgan fingerprint density at radius 3 is 2.50 bits per heavy atom. The Labute approximate surface area is 37.7 Å². The fourth-order valence-electron chi connectivity index (χ4n) is 0.421. The van der Waals surface area contributed by atoms with E-state index in [1.54, 1.807) is 0 Å². The van der Waals surface area contributed by atoms with Gasteiger partial charge in [-0.25, -0.2) is 0 Å². The van der Waals surface area contributed by atoms with Crippen LogP contribution in [0.1, 0.15) is 12.8 Å². The summed E-state index contributed by atoms with van der Waals surface area (Å²) in [6.07, 6.45) is 2.63. The Bertz CT molecular complexity index is 55.0. The van der Waals surface area contributed by atoms with Crippen LogP contribution in [-0.2, 0) is 4.42 Å². The summed E-state index contributed by atoms with van der Waals surface area (Å²) in [6.45, 7) is 5.53. The summed E-state index contributed by atoms with van der Waals surface area (Å²) in [6, 6.07) is 0. The van der Waals surface area contributed by atoms with E-state index < -0.39 is 0 Å². The molecule has 1 aliphatic rings. The molecule has 0 aromatic heterocycles. The van der Waals surface area contributed by atoms with Crippen molar-refractivity contribution in [1.29, 1.82) is 0 Å². The van der Waals surface area contributed by atoms with Gasteiger partial charge in [0.25, 0.3) is 0 Å². The highest BCUT2D eigenvalue weighted by Gasteiger charge is 2.23. The molecule has 1 nitrogen and oxygen atoms in total. The maximum Gasteiger partial charge on any atom is 0.220 e. The van der Waals surface area contributed by atoms with Gasteiger partial charge in [0.2, 0.25) is 6.61 Å². The Morgan fingerprint density at radius 2 is 2.33 bits per heavy atom. The van der Waals surface area contributed by atoms with Crippen molar-refractivity contribution in [1.82, 2.24) is 0 Å². The van der Waals surface area contributed by atoms with Gasteiger partial charge in [-0.15, -0.1) is 0 Å². The number of rotatable bonds is 2. The lowest BCUT2D eigenvalue weighted by Crippen LogP contribution is -1.81. The molecule has 0 radical (unpaired) electrons. The normalized spacial score (nSPS) is 20.7. The van der Waals surface area contributed by atoms with Gasteiger partial charge in [-0.3, -0.25) is 0 Å². The first-order valence-electron chi connectivity index (χ1n) is 2.25. The molecule has 6 heavy (non-hydrogen) atoms. The van der Waals surface area contributed by atoms with Gasteiger partial charge in [-0.2, -0.15) is 0 Å². The van der Waals surface area contributed by atoms with Crippen molar-refractivity contribution in [2.45, 2.75) is 12.8 Å². The van der Waals surface area contributed by atoms with Crippen molar-refractivity contribution in [3.63, 3.8) is 0 Å². The van der Waals surface area contributed by atoms with E-state index in [0.717, 1.165) is 12.5 Å². The van der Waals surface area contributed by atoms with Gasteiger partial charge in [0.15, 0.2) is 0 Å². The largest absolute Gasteiger partial charge is 0.460 e. The summed E-state index contributed by atoms with van der Waals surface area (Å²) >= 11 is 0. The Morgan fingerprint density at radius 1 is 1.67 bits per heavy atom. The molecule has 0 bridgehead atoms. The summed E-state index contributed by atoms with van der Waals surface area (Å²) in [5.74, 6) is 0.801. The first kappa shape index (κ1) is 3.85. The predicted molar refractivity (Wildman–Crippen MR) is 24.3 cm³/mol. The Balaban J connectivity index is 2.00. The molecule has 0 heterocycles. The summed E-state index contributed by atoms with van der Waals surface area (Å²) in [4.78, 5) is 0. The molecule has 0 spiro atoms. The quantitative estimate of drug-likeness (QED) is 0.265. The molecule has 0 atom stereocenters. The maximum atomic E-state index is 4.77. The molecule has 1 heteroatoms. The molecular weight excluding hydrogens is 76.1 g/mol. The lowest BCUT2D eigenvalue weighted by molar-refractivity contribution is 0.103. The second kappa shape index (κ2) is 1.41. The van der Waals surface area contributed by atoms with Gasteiger partial charge in [-0.05, 0) is 19.6 Å². The van der Waals surface area contributed by atoms with E-state index in [2.05, 4.69) is 4.42 Å². The molecule has 0 amide bonds. The molecule has 34 valence electrons. The van der Waals surface area contributed by atoms with Crippen LogP contribution in [0.25, 0.3) is 0 Å². The molecule has 1 aliphatic carbocycles. The number of hydrogen-bond donors (Lipinski definition) is 0. The van der Waals surface area contributed by atoms with Crippen LogP contribution in [0.2, 0.25) is 0 Å². The summed E-state index contributed by atoms with van der Waals surface area (Å²) in [5, 5.41) is 0. The van der Waals surface area contributed by atoms with Gasteiger partial charge < -0.3 is 4.42 Å². The van der Waals surface area contributed by atoms with Crippen LogP contribution >= 0.6 is 0 Å². The van der Waals surface area contributed by atoms with E-state index in [4.69, 9.17) is 6.79 Å².